The fraction of sp³-hybridized carbons (Fsp3) is 0.438. The van der Waals surface area contributed by atoms with Crippen molar-refractivity contribution in [2.45, 2.75) is 38.3 Å². The highest BCUT2D eigenvalue weighted by molar-refractivity contribution is 5.81. The van der Waals surface area contributed by atoms with Crippen LogP contribution in [0.1, 0.15) is 30.3 Å². The molecule has 1 atom stereocenters. The van der Waals surface area contributed by atoms with E-state index in [9.17, 15) is 9.59 Å². The normalized spacial score (nSPS) is 20.9. The largest absolute Gasteiger partial charge is 0.481 e. The van der Waals surface area contributed by atoms with Crippen molar-refractivity contribution in [3.05, 3.63) is 41.7 Å². The zero-order chi connectivity index (χ0) is 17.1. The Labute approximate surface area is 138 Å². The van der Waals surface area contributed by atoms with Crippen LogP contribution in [-0.2, 0) is 16.0 Å². The number of benzene rings is 1. The number of nitrogens with zero attached hydrogens (tertiary/aromatic N) is 4. The van der Waals surface area contributed by atoms with Gasteiger partial charge in [-0.1, -0.05) is 30.3 Å². The Bertz CT molecular complexity index is 724. The fourth-order valence-electron chi connectivity index (χ4n) is 2.89. The molecule has 8 nitrogen and oxygen atoms in total. The molecule has 1 aliphatic carbocycles. The number of aryl methyl sites for hydroxylation is 1. The minimum absolute atomic E-state index is 0.103. The van der Waals surface area contributed by atoms with Gasteiger partial charge >= 0.3 is 5.97 Å². The summed E-state index contributed by atoms with van der Waals surface area (Å²) in [6.45, 7) is 1.75. The molecule has 0 aliphatic heterocycles. The number of aromatic nitrogens is 4. The van der Waals surface area contributed by atoms with E-state index in [2.05, 4.69) is 20.8 Å². The van der Waals surface area contributed by atoms with Gasteiger partial charge in [0.15, 0.2) is 0 Å². The minimum Gasteiger partial charge on any atom is -0.481 e. The molecule has 1 aromatic carbocycles. The highest BCUT2D eigenvalue weighted by Gasteiger charge is 2.37. The Morgan fingerprint density at radius 1 is 1.33 bits per heavy atom. The maximum Gasteiger partial charge on any atom is 0.306 e. The van der Waals surface area contributed by atoms with Gasteiger partial charge in [-0.15, -0.1) is 5.10 Å². The summed E-state index contributed by atoms with van der Waals surface area (Å²) in [5, 5.41) is 23.3. The van der Waals surface area contributed by atoms with E-state index in [1.165, 1.54) is 4.68 Å². The number of hydrogen-bond acceptors (Lipinski definition) is 5. The van der Waals surface area contributed by atoms with Crippen LogP contribution in [0.4, 0.5) is 0 Å². The van der Waals surface area contributed by atoms with Crippen molar-refractivity contribution >= 4 is 11.9 Å². The number of carboxylic acid groups (broad SMARTS) is 1. The number of amides is 1. The van der Waals surface area contributed by atoms with E-state index < -0.39 is 12.0 Å². The second-order valence-electron chi connectivity index (χ2n) is 6.09. The van der Waals surface area contributed by atoms with E-state index in [0.717, 1.165) is 5.56 Å². The zero-order valence-corrected chi connectivity index (χ0v) is 13.3. The van der Waals surface area contributed by atoms with Crippen LogP contribution in [-0.4, -0.2) is 43.2 Å². The third kappa shape index (κ3) is 3.42. The summed E-state index contributed by atoms with van der Waals surface area (Å²) in [7, 11) is 0. The second kappa shape index (κ2) is 6.77. The van der Waals surface area contributed by atoms with E-state index >= 15 is 0 Å². The molecule has 8 heteroatoms. The van der Waals surface area contributed by atoms with E-state index in [1.807, 2.05) is 30.3 Å². The molecule has 0 radical (unpaired) electrons. The summed E-state index contributed by atoms with van der Waals surface area (Å²) in [6, 6.07) is 8.98. The summed E-state index contributed by atoms with van der Waals surface area (Å²) >= 11 is 0. The quantitative estimate of drug-likeness (QED) is 0.809. The van der Waals surface area contributed by atoms with Crippen molar-refractivity contribution < 1.29 is 14.7 Å². The third-order valence-electron chi connectivity index (χ3n) is 4.36. The molecule has 1 saturated carbocycles. The molecule has 0 saturated heterocycles. The average Bonchev–Trinajstić information content (AvgIpc) is 2.94. The predicted octanol–water partition coefficient (Wildman–Crippen LogP) is 0.745. The lowest BCUT2D eigenvalue weighted by molar-refractivity contribution is -0.146. The van der Waals surface area contributed by atoms with Gasteiger partial charge in [-0.25, -0.2) is 4.68 Å². The van der Waals surface area contributed by atoms with Crippen molar-refractivity contribution in [1.82, 2.24) is 25.5 Å². The Hall–Kier alpha value is -2.77. The molecule has 3 rings (SSSR count). The molecular weight excluding hydrogens is 310 g/mol. The van der Waals surface area contributed by atoms with Crippen molar-refractivity contribution in [1.29, 1.82) is 0 Å². The van der Waals surface area contributed by atoms with Gasteiger partial charge in [-0.05, 0) is 35.8 Å². The van der Waals surface area contributed by atoms with E-state index in [1.54, 1.807) is 6.92 Å². The Kier molecular flexibility index (Phi) is 4.54. The van der Waals surface area contributed by atoms with Crippen LogP contribution in [0.25, 0.3) is 0 Å². The number of carbonyl (C=O) groups excluding carboxylic acids is 1. The van der Waals surface area contributed by atoms with E-state index in [4.69, 9.17) is 5.11 Å². The van der Waals surface area contributed by atoms with Crippen LogP contribution >= 0.6 is 0 Å². The number of aliphatic carboxylic acids is 1. The molecule has 1 fully saturated rings. The van der Waals surface area contributed by atoms with Crippen molar-refractivity contribution in [3.8, 4) is 0 Å². The highest BCUT2D eigenvalue weighted by atomic mass is 16.4. The van der Waals surface area contributed by atoms with Gasteiger partial charge in [0.25, 0.3) is 0 Å². The maximum absolute atomic E-state index is 12.7. The average molecular weight is 329 g/mol. The van der Waals surface area contributed by atoms with Crippen LogP contribution in [0, 0.1) is 12.8 Å². The molecule has 2 N–H and O–H groups in total. The Morgan fingerprint density at radius 2 is 2.04 bits per heavy atom. The SMILES string of the molecule is Cc1nnnn1C(Cc1ccccc1)C(=O)NC1CC(C(=O)O)C1. The van der Waals surface area contributed by atoms with Gasteiger partial charge in [-0.3, -0.25) is 9.59 Å². The van der Waals surface area contributed by atoms with Crippen LogP contribution < -0.4 is 5.32 Å². The maximum atomic E-state index is 12.7. The number of hydrogen-bond donors (Lipinski definition) is 2. The molecule has 1 heterocycles. The molecule has 1 aliphatic rings. The smallest absolute Gasteiger partial charge is 0.306 e. The van der Waals surface area contributed by atoms with Crippen LogP contribution in [0.3, 0.4) is 0 Å². The monoisotopic (exact) mass is 329 g/mol. The molecular formula is C16H19N5O3. The third-order valence-corrected chi connectivity index (χ3v) is 4.36. The molecule has 0 bridgehead atoms. The predicted molar refractivity (Wildman–Crippen MR) is 84.0 cm³/mol. The first-order valence-electron chi connectivity index (χ1n) is 7.86. The van der Waals surface area contributed by atoms with E-state index in [0.29, 0.717) is 25.1 Å². The van der Waals surface area contributed by atoms with Gasteiger partial charge in [0.2, 0.25) is 5.91 Å². The van der Waals surface area contributed by atoms with Crippen LogP contribution in [0.15, 0.2) is 30.3 Å². The van der Waals surface area contributed by atoms with Crippen molar-refractivity contribution in [2.75, 3.05) is 0 Å². The summed E-state index contributed by atoms with van der Waals surface area (Å²) in [5.41, 5.74) is 1.00. The van der Waals surface area contributed by atoms with Crippen molar-refractivity contribution in [3.63, 3.8) is 0 Å². The van der Waals surface area contributed by atoms with Crippen LogP contribution in [0.2, 0.25) is 0 Å². The molecule has 1 aromatic heterocycles. The highest BCUT2D eigenvalue weighted by Crippen LogP contribution is 2.28. The van der Waals surface area contributed by atoms with Gasteiger partial charge in [-0.2, -0.15) is 0 Å². The zero-order valence-electron chi connectivity index (χ0n) is 13.3. The second-order valence-corrected chi connectivity index (χ2v) is 6.09. The lowest BCUT2D eigenvalue weighted by Crippen LogP contribution is -2.49. The first kappa shape index (κ1) is 16.1. The molecule has 0 spiro atoms. The lowest BCUT2D eigenvalue weighted by atomic mass is 9.80. The Balaban J connectivity index is 1.71. The summed E-state index contributed by atoms with van der Waals surface area (Å²) in [4.78, 5) is 23.6. The van der Waals surface area contributed by atoms with Gasteiger partial charge in [0.1, 0.15) is 11.9 Å². The van der Waals surface area contributed by atoms with Gasteiger partial charge < -0.3 is 10.4 Å². The fourth-order valence-corrected chi connectivity index (χ4v) is 2.89. The lowest BCUT2D eigenvalue weighted by Gasteiger charge is -2.34. The number of tetrazole rings is 1. The molecule has 2 aromatic rings. The molecule has 1 amide bonds. The number of rotatable bonds is 6. The van der Waals surface area contributed by atoms with E-state index in [-0.39, 0.29) is 17.9 Å². The molecule has 126 valence electrons. The Morgan fingerprint density at radius 3 is 2.62 bits per heavy atom. The summed E-state index contributed by atoms with van der Waals surface area (Å²) < 4.78 is 1.51. The first-order valence-corrected chi connectivity index (χ1v) is 7.86. The standard InChI is InChI=1S/C16H19N5O3/c1-10-18-19-20-21(10)14(7-11-5-3-2-4-6-11)15(22)17-13-8-12(9-13)16(23)24/h2-6,12-14H,7-9H2,1H3,(H,17,22)(H,23,24). The number of nitrogens with one attached hydrogen (secondary N) is 1. The van der Waals surface area contributed by atoms with Gasteiger partial charge in [0.05, 0.1) is 5.92 Å². The first-order chi connectivity index (χ1) is 11.5. The van der Waals surface area contributed by atoms with Crippen LogP contribution in [0.5, 0.6) is 0 Å². The topological polar surface area (TPSA) is 110 Å². The summed E-state index contributed by atoms with van der Waals surface area (Å²) in [5.74, 6) is -0.804. The minimum atomic E-state index is -0.808. The molecule has 1 unspecified atom stereocenters. The number of carbonyl (C=O) groups is 2. The van der Waals surface area contributed by atoms with Crippen molar-refractivity contribution in [2.24, 2.45) is 5.92 Å². The molecule has 24 heavy (non-hydrogen) atoms. The van der Waals surface area contributed by atoms with Gasteiger partial charge in [0, 0.05) is 12.5 Å². The summed E-state index contributed by atoms with van der Waals surface area (Å²) in [6.07, 6.45) is 1.40. The number of carboxylic acids is 1.